The second kappa shape index (κ2) is 7.93. The summed E-state index contributed by atoms with van der Waals surface area (Å²) in [4.78, 5) is 27.5. The van der Waals surface area contributed by atoms with Gasteiger partial charge in [0.15, 0.2) is 0 Å². The Bertz CT molecular complexity index is 836. The predicted octanol–water partition coefficient (Wildman–Crippen LogP) is 3.11. The molecule has 1 aliphatic rings. The van der Waals surface area contributed by atoms with Crippen LogP contribution in [0.5, 0.6) is 0 Å². The molecule has 0 radical (unpaired) electrons. The zero-order valence-corrected chi connectivity index (χ0v) is 16.0. The topological polar surface area (TPSA) is 61.4 Å². The highest BCUT2D eigenvalue weighted by atomic mass is 32.2. The Labute approximate surface area is 158 Å². The van der Waals surface area contributed by atoms with Gasteiger partial charge in [0, 0.05) is 23.5 Å². The molecule has 2 amide bonds. The van der Waals surface area contributed by atoms with Gasteiger partial charge in [0.2, 0.25) is 5.91 Å². The first-order valence-electron chi connectivity index (χ1n) is 8.55. The van der Waals surface area contributed by atoms with Crippen molar-refractivity contribution in [1.82, 2.24) is 10.2 Å². The Kier molecular flexibility index (Phi) is 5.64. The summed E-state index contributed by atoms with van der Waals surface area (Å²) in [5, 5.41) is 5.73. The number of nitrogens with zero attached hydrogens (tertiary/aromatic N) is 1. The molecule has 5 nitrogen and oxygen atoms in total. The number of fused-ring (bicyclic) bond motifs is 1. The van der Waals surface area contributed by atoms with Crippen LogP contribution >= 0.6 is 11.8 Å². The highest BCUT2D eigenvalue weighted by Gasteiger charge is 2.23. The maximum Gasteiger partial charge on any atom is 0.251 e. The van der Waals surface area contributed by atoms with Crippen LogP contribution in [0.4, 0.5) is 5.69 Å². The van der Waals surface area contributed by atoms with Crippen molar-refractivity contribution in [3.8, 4) is 0 Å². The van der Waals surface area contributed by atoms with Gasteiger partial charge >= 0.3 is 0 Å². The number of anilines is 1. The molecule has 2 aromatic carbocycles. The number of benzene rings is 2. The van der Waals surface area contributed by atoms with Gasteiger partial charge < -0.3 is 15.5 Å². The number of amides is 2. The van der Waals surface area contributed by atoms with E-state index in [1.54, 1.807) is 12.1 Å². The van der Waals surface area contributed by atoms with E-state index in [0.29, 0.717) is 17.8 Å². The van der Waals surface area contributed by atoms with E-state index in [-0.39, 0.29) is 17.1 Å². The molecule has 2 N–H and O–H groups in total. The number of thioether (sulfide) groups is 1. The Balaban J connectivity index is 1.70. The zero-order valence-electron chi connectivity index (χ0n) is 15.2. The largest absolute Gasteiger partial charge is 0.348 e. The Morgan fingerprint density at radius 2 is 1.92 bits per heavy atom. The van der Waals surface area contributed by atoms with Crippen molar-refractivity contribution in [2.75, 3.05) is 19.4 Å². The van der Waals surface area contributed by atoms with Gasteiger partial charge in [0.1, 0.15) is 0 Å². The summed E-state index contributed by atoms with van der Waals surface area (Å²) in [6.07, 6.45) is 0. The minimum absolute atomic E-state index is 0.0299. The minimum Gasteiger partial charge on any atom is -0.348 e. The van der Waals surface area contributed by atoms with Crippen LogP contribution in [0, 0.1) is 0 Å². The lowest BCUT2D eigenvalue weighted by atomic mass is 10.1. The minimum atomic E-state index is -0.148. The fraction of sp³-hybridized carbons (Fsp3) is 0.300. The normalized spacial score (nSPS) is 16.2. The lowest BCUT2D eigenvalue weighted by Gasteiger charge is -2.21. The number of carbonyl (C=O) groups is 2. The van der Waals surface area contributed by atoms with Crippen LogP contribution in [0.25, 0.3) is 0 Å². The maximum atomic E-state index is 12.5. The SMILES string of the molecule is CC1Sc2ccc(C(=O)NCc3ccccc3CN(C)C)cc2NC1=O. The first-order chi connectivity index (χ1) is 12.4. The van der Waals surface area contributed by atoms with E-state index in [4.69, 9.17) is 0 Å². The maximum absolute atomic E-state index is 12.5. The van der Waals surface area contributed by atoms with E-state index in [1.807, 2.05) is 45.3 Å². The van der Waals surface area contributed by atoms with Crippen LogP contribution in [-0.2, 0) is 17.9 Å². The van der Waals surface area contributed by atoms with Crippen LogP contribution in [0.15, 0.2) is 47.4 Å². The zero-order chi connectivity index (χ0) is 18.7. The molecule has 1 atom stereocenters. The molecule has 26 heavy (non-hydrogen) atoms. The molecular formula is C20H23N3O2S. The standard InChI is InChI=1S/C20H23N3O2S/c1-13-19(24)22-17-10-14(8-9-18(17)26-13)20(25)21-11-15-6-4-5-7-16(15)12-23(2)3/h4-10,13H,11-12H2,1-3H3,(H,21,25)(H,22,24). The van der Waals surface area contributed by atoms with E-state index >= 15 is 0 Å². The fourth-order valence-electron chi connectivity index (χ4n) is 2.85. The molecule has 0 aromatic heterocycles. The second-order valence-corrected chi connectivity index (χ2v) is 8.03. The van der Waals surface area contributed by atoms with Gasteiger partial charge in [-0.15, -0.1) is 11.8 Å². The van der Waals surface area contributed by atoms with Crippen molar-refractivity contribution in [1.29, 1.82) is 0 Å². The van der Waals surface area contributed by atoms with Crippen molar-refractivity contribution < 1.29 is 9.59 Å². The lowest BCUT2D eigenvalue weighted by molar-refractivity contribution is -0.115. The average Bonchev–Trinajstić information content (AvgIpc) is 2.61. The van der Waals surface area contributed by atoms with Gasteiger partial charge in [-0.05, 0) is 50.3 Å². The fourth-order valence-corrected chi connectivity index (χ4v) is 3.78. The van der Waals surface area contributed by atoms with E-state index < -0.39 is 0 Å². The molecule has 1 unspecified atom stereocenters. The molecule has 3 rings (SSSR count). The Morgan fingerprint density at radius 1 is 1.19 bits per heavy atom. The van der Waals surface area contributed by atoms with E-state index in [9.17, 15) is 9.59 Å². The van der Waals surface area contributed by atoms with Crippen molar-refractivity contribution in [3.63, 3.8) is 0 Å². The number of hydrogen-bond donors (Lipinski definition) is 2. The third kappa shape index (κ3) is 4.26. The molecular weight excluding hydrogens is 346 g/mol. The lowest BCUT2D eigenvalue weighted by Crippen LogP contribution is -2.27. The third-order valence-electron chi connectivity index (χ3n) is 4.22. The summed E-state index contributed by atoms with van der Waals surface area (Å²) in [6.45, 7) is 3.17. The monoisotopic (exact) mass is 369 g/mol. The molecule has 0 fully saturated rings. The van der Waals surface area contributed by atoms with Crippen LogP contribution < -0.4 is 10.6 Å². The summed E-state index contributed by atoms with van der Waals surface area (Å²) in [7, 11) is 4.05. The number of hydrogen-bond acceptors (Lipinski definition) is 4. The quantitative estimate of drug-likeness (QED) is 0.850. The van der Waals surface area contributed by atoms with Gasteiger partial charge in [-0.25, -0.2) is 0 Å². The van der Waals surface area contributed by atoms with Crippen molar-refractivity contribution in [2.45, 2.75) is 30.2 Å². The number of carbonyl (C=O) groups excluding carboxylic acids is 2. The molecule has 1 aliphatic heterocycles. The summed E-state index contributed by atoms with van der Waals surface area (Å²) in [5.41, 5.74) is 3.55. The molecule has 0 spiro atoms. The number of nitrogens with one attached hydrogen (secondary N) is 2. The Morgan fingerprint density at radius 3 is 2.65 bits per heavy atom. The van der Waals surface area contributed by atoms with E-state index in [0.717, 1.165) is 17.0 Å². The van der Waals surface area contributed by atoms with Gasteiger partial charge in [-0.3, -0.25) is 9.59 Å². The molecule has 0 saturated carbocycles. The molecule has 136 valence electrons. The van der Waals surface area contributed by atoms with Crippen LogP contribution in [0.2, 0.25) is 0 Å². The van der Waals surface area contributed by atoms with Gasteiger partial charge in [0.05, 0.1) is 10.9 Å². The van der Waals surface area contributed by atoms with Gasteiger partial charge in [0.25, 0.3) is 5.91 Å². The number of rotatable bonds is 5. The van der Waals surface area contributed by atoms with Crippen LogP contribution in [0.1, 0.15) is 28.4 Å². The van der Waals surface area contributed by atoms with Crippen LogP contribution in [0.3, 0.4) is 0 Å². The molecule has 0 bridgehead atoms. The molecule has 1 heterocycles. The van der Waals surface area contributed by atoms with Crippen molar-refractivity contribution in [3.05, 3.63) is 59.2 Å². The van der Waals surface area contributed by atoms with E-state index in [2.05, 4.69) is 21.6 Å². The van der Waals surface area contributed by atoms with Crippen molar-refractivity contribution >= 4 is 29.3 Å². The van der Waals surface area contributed by atoms with Crippen molar-refractivity contribution in [2.24, 2.45) is 0 Å². The van der Waals surface area contributed by atoms with Gasteiger partial charge in [-0.1, -0.05) is 24.3 Å². The molecule has 6 heteroatoms. The molecule has 0 aliphatic carbocycles. The Hall–Kier alpha value is -2.31. The summed E-state index contributed by atoms with van der Waals surface area (Å²) in [6, 6.07) is 13.5. The van der Waals surface area contributed by atoms with E-state index in [1.165, 1.54) is 17.3 Å². The first-order valence-corrected chi connectivity index (χ1v) is 9.43. The summed E-state index contributed by atoms with van der Waals surface area (Å²) in [5.74, 6) is -0.178. The third-order valence-corrected chi connectivity index (χ3v) is 5.39. The molecule has 0 saturated heterocycles. The van der Waals surface area contributed by atoms with Crippen LogP contribution in [-0.4, -0.2) is 36.1 Å². The van der Waals surface area contributed by atoms with Gasteiger partial charge in [-0.2, -0.15) is 0 Å². The smallest absolute Gasteiger partial charge is 0.251 e. The highest BCUT2D eigenvalue weighted by molar-refractivity contribution is 8.00. The molecule has 2 aromatic rings. The first kappa shape index (κ1) is 18.5. The predicted molar refractivity (Wildman–Crippen MR) is 105 cm³/mol. The summed E-state index contributed by atoms with van der Waals surface area (Å²) >= 11 is 1.51. The highest BCUT2D eigenvalue weighted by Crippen LogP contribution is 2.35. The average molecular weight is 369 g/mol. The summed E-state index contributed by atoms with van der Waals surface area (Å²) < 4.78 is 0. The second-order valence-electron chi connectivity index (χ2n) is 6.65.